The van der Waals surface area contributed by atoms with Crippen LogP contribution in [0.25, 0.3) is 10.9 Å². The topological polar surface area (TPSA) is 121 Å². The second kappa shape index (κ2) is 11.2. The molecule has 0 saturated carbocycles. The normalized spacial score (nSPS) is 11.0. The summed E-state index contributed by atoms with van der Waals surface area (Å²) in [5.74, 6) is -0.254. The van der Waals surface area contributed by atoms with E-state index in [0.717, 1.165) is 22.2 Å². The number of aromatic nitrogens is 1. The molecule has 0 fully saturated rings. The number of thiophene rings is 1. The van der Waals surface area contributed by atoms with Crippen LogP contribution in [0.2, 0.25) is 0 Å². The number of hydrogen-bond donors (Lipinski definition) is 4. The summed E-state index contributed by atoms with van der Waals surface area (Å²) in [6.07, 6.45) is 1.78. The summed E-state index contributed by atoms with van der Waals surface area (Å²) in [5.41, 5.74) is 3.14. The van der Waals surface area contributed by atoms with Crippen LogP contribution in [0.3, 0.4) is 0 Å². The first-order valence-corrected chi connectivity index (χ1v) is 12.8. The Balaban J connectivity index is 1.26. The number of ether oxygens (including phenoxy) is 1. The fraction of sp³-hybridized carbons (Fsp3) is 0.143. The maximum absolute atomic E-state index is 13.1. The van der Waals surface area contributed by atoms with Crippen molar-refractivity contribution in [3.8, 4) is 0 Å². The highest BCUT2D eigenvalue weighted by Crippen LogP contribution is 2.27. The first-order chi connectivity index (χ1) is 18.5. The van der Waals surface area contributed by atoms with Gasteiger partial charge in [-0.05, 0) is 47.3 Å². The number of para-hydroxylation sites is 1. The monoisotopic (exact) mass is 527 g/mol. The lowest BCUT2D eigenvalue weighted by Gasteiger charge is -2.15. The Labute approximate surface area is 222 Å². The lowest BCUT2D eigenvalue weighted by atomic mass is 10.1. The molecule has 5 aromatic rings. The van der Waals surface area contributed by atoms with Crippen molar-refractivity contribution >= 4 is 56.6 Å². The van der Waals surface area contributed by atoms with Crippen LogP contribution in [0, 0.1) is 0 Å². The highest BCUT2D eigenvalue weighted by Gasteiger charge is 2.21. The first-order valence-electron chi connectivity index (χ1n) is 11.9. The van der Waals surface area contributed by atoms with Gasteiger partial charge in [-0.25, -0.2) is 0 Å². The molecule has 0 radical (unpaired) electrons. The molecule has 5 rings (SSSR count). The van der Waals surface area contributed by atoms with E-state index in [9.17, 15) is 14.4 Å². The average Bonchev–Trinajstić information content (AvgIpc) is 3.42. The third-order valence-electron chi connectivity index (χ3n) is 5.99. The highest BCUT2D eigenvalue weighted by atomic mass is 32.1. The molecule has 0 aliphatic carbocycles. The SMILES string of the molecule is COCCNc1c(Nc2cccc(NC(=O)c3sccc3NCc3ccnc4ccccc34)c2)c(=O)c1=O. The van der Waals surface area contributed by atoms with Gasteiger partial charge in [0.15, 0.2) is 0 Å². The molecule has 0 spiro atoms. The molecule has 0 saturated heterocycles. The van der Waals surface area contributed by atoms with E-state index < -0.39 is 10.9 Å². The third kappa shape index (κ3) is 5.26. The number of pyridine rings is 1. The van der Waals surface area contributed by atoms with E-state index in [1.54, 1.807) is 37.6 Å². The van der Waals surface area contributed by atoms with Crippen LogP contribution in [-0.4, -0.2) is 31.2 Å². The van der Waals surface area contributed by atoms with Crippen molar-refractivity contribution in [2.45, 2.75) is 6.54 Å². The minimum atomic E-state index is -0.587. The minimum Gasteiger partial charge on any atom is -0.383 e. The lowest BCUT2D eigenvalue weighted by molar-refractivity contribution is 0.103. The van der Waals surface area contributed by atoms with Crippen molar-refractivity contribution in [3.05, 3.63) is 103 Å². The van der Waals surface area contributed by atoms with Crippen molar-refractivity contribution in [2.75, 3.05) is 41.5 Å². The number of amides is 1. The van der Waals surface area contributed by atoms with Gasteiger partial charge >= 0.3 is 0 Å². The molecule has 192 valence electrons. The zero-order chi connectivity index (χ0) is 26.5. The van der Waals surface area contributed by atoms with E-state index in [4.69, 9.17) is 4.74 Å². The molecule has 9 nitrogen and oxygen atoms in total. The van der Waals surface area contributed by atoms with Gasteiger partial charge in [0, 0.05) is 43.2 Å². The summed E-state index contributed by atoms with van der Waals surface area (Å²) in [6, 6.07) is 18.8. The minimum absolute atomic E-state index is 0.197. The van der Waals surface area contributed by atoms with Crippen LogP contribution >= 0.6 is 11.3 Å². The van der Waals surface area contributed by atoms with Crippen LogP contribution in [-0.2, 0) is 11.3 Å². The molecule has 2 aromatic heterocycles. The summed E-state index contributed by atoms with van der Waals surface area (Å²) < 4.78 is 4.97. The Kier molecular flexibility index (Phi) is 7.43. The van der Waals surface area contributed by atoms with Gasteiger partial charge in [-0.2, -0.15) is 0 Å². The number of methoxy groups -OCH3 is 1. The molecule has 0 atom stereocenters. The summed E-state index contributed by atoms with van der Waals surface area (Å²) >= 11 is 1.34. The van der Waals surface area contributed by atoms with Gasteiger partial charge in [0.1, 0.15) is 16.3 Å². The molecular weight excluding hydrogens is 502 g/mol. The zero-order valence-corrected chi connectivity index (χ0v) is 21.4. The van der Waals surface area contributed by atoms with E-state index in [2.05, 4.69) is 26.3 Å². The van der Waals surface area contributed by atoms with Crippen molar-refractivity contribution in [3.63, 3.8) is 0 Å². The maximum atomic E-state index is 13.1. The molecule has 38 heavy (non-hydrogen) atoms. The van der Waals surface area contributed by atoms with E-state index in [1.807, 2.05) is 41.8 Å². The quantitative estimate of drug-likeness (QED) is 0.146. The summed E-state index contributed by atoms with van der Waals surface area (Å²) in [7, 11) is 1.56. The number of hydrogen-bond acceptors (Lipinski definition) is 9. The van der Waals surface area contributed by atoms with Gasteiger partial charge in [-0.1, -0.05) is 24.3 Å². The maximum Gasteiger partial charge on any atom is 0.267 e. The highest BCUT2D eigenvalue weighted by molar-refractivity contribution is 7.12. The smallest absolute Gasteiger partial charge is 0.267 e. The van der Waals surface area contributed by atoms with Crippen molar-refractivity contribution in [2.24, 2.45) is 0 Å². The largest absolute Gasteiger partial charge is 0.383 e. The van der Waals surface area contributed by atoms with E-state index in [-0.39, 0.29) is 17.3 Å². The lowest BCUT2D eigenvalue weighted by Crippen LogP contribution is -2.37. The van der Waals surface area contributed by atoms with Crippen LogP contribution in [0.1, 0.15) is 15.2 Å². The van der Waals surface area contributed by atoms with Crippen LogP contribution in [0.4, 0.5) is 28.4 Å². The molecule has 0 unspecified atom stereocenters. The number of fused-ring (bicyclic) bond motifs is 1. The standard InChI is InChI=1S/C28H25N5O4S/c1-37-13-12-30-23-24(26(35)25(23)34)32-18-5-4-6-19(15-18)33-28(36)27-22(10-14-38-27)31-16-17-9-11-29-21-8-3-2-7-20(17)21/h2-11,14-15,30-32H,12-13,16H2,1H3,(H,33,36). The van der Waals surface area contributed by atoms with Gasteiger partial charge in [0.2, 0.25) is 0 Å². The molecule has 0 aliphatic heterocycles. The summed E-state index contributed by atoms with van der Waals surface area (Å²) in [5, 5.41) is 15.1. The van der Waals surface area contributed by atoms with Gasteiger partial charge in [-0.3, -0.25) is 19.4 Å². The van der Waals surface area contributed by atoms with Gasteiger partial charge in [0.25, 0.3) is 16.8 Å². The van der Waals surface area contributed by atoms with E-state index in [1.165, 1.54) is 11.3 Å². The number of carbonyl (C=O) groups excluding carboxylic acids is 1. The second-order valence-electron chi connectivity index (χ2n) is 8.49. The van der Waals surface area contributed by atoms with Gasteiger partial charge in [-0.15, -0.1) is 11.3 Å². The number of nitrogens with one attached hydrogen (secondary N) is 4. The molecule has 0 bridgehead atoms. The number of rotatable bonds is 11. The fourth-order valence-corrected chi connectivity index (χ4v) is 4.85. The average molecular weight is 528 g/mol. The number of anilines is 5. The third-order valence-corrected chi connectivity index (χ3v) is 6.90. The Bertz CT molecular complexity index is 1670. The number of carbonyl (C=O) groups is 1. The van der Waals surface area contributed by atoms with Gasteiger partial charge < -0.3 is 26.0 Å². The molecule has 0 aliphatic rings. The van der Waals surface area contributed by atoms with E-state index in [0.29, 0.717) is 35.9 Å². The second-order valence-corrected chi connectivity index (χ2v) is 9.41. The molecular formula is C28H25N5O4S. The van der Waals surface area contributed by atoms with Crippen LogP contribution in [0.5, 0.6) is 0 Å². The molecule has 2 heterocycles. The number of nitrogens with zero attached hydrogens (tertiary/aromatic N) is 1. The summed E-state index contributed by atoms with van der Waals surface area (Å²) in [6.45, 7) is 1.35. The van der Waals surface area contributed by atoms with Crippen molar-refractivity contribution in [1.82, 2.24) is 4.98 Å². The Morgan fingerprint density at radius 1 is 0.947 bits per heavy atom. The Morgan fingerprint density at radius 2 is 1.76 bits per heavy atom. The van der Waals surface area contributed by atoms with Gasteiger partial charge in [0.05, 0.1) is 17.8 Å². The molecule has 10 heteroatoms. The van der Waals surface area contributed by atoms with Crippen molar-refractivity contribution in [1.29, 1.82) is 0 Å². The molecule has 1 amide bonds. The van der Waals surface area contributed by atoms with Crippen LogP contribution < -0.4 is 32.1 Å². The number of benzene rings is 2. The van der Waals surface area contributed by atoms with E-state index >= 15 is 0 Å². The molecule has 4 N–H and O–H groups in total. The Morgan fingerprint density at radius 3 is 2.63 bits per heavy atom. The van der Waals surface area contributed by atoms with Crippen LogP contribution in [0.15, 0.2) is 81.8 Å². The molecule has 3 aromatic carbocycles. The first kappa shape index (κ1) is 25.1. The zero-order valence-electron chi connectivity index (χ0n) is 20.5. The predicted octanol–water partition coefficient (Wildman–Crippen LogP) is 4.56. The fourth-order valence-electron chi connectivity index (χ4n) is 4.09. The summed E-state index contributed by atoms with van der Waals surface area (Å²) in [4.78, 5) is 42.1. The predicted molar refractivity (Wildman–Crippen MR) is 153 cm³/mol. The Hall–Kier alpha value is -4.54. The van der Waals surface area contributed by atoms with Crippen molar-refractivity contribution < 1.29 is 9.53 Å².